The summed E-state index contributed by atoms with van der Waals surface area (Å²) in [5.74, 6) is -1.66. The first kappa shape index (κ1) is 18.2. The van der Waals surface area contributed by atoms with Gasteiger partial charge in [-0.1, -0.05) is 18.2 Å². The van der Waals surface area contributed by atoms with Crippen molar-refractivity contribution in [3.05, 3.63) is 59.2 Å². The molecule has 0 heterocycles. The van der Waals surface area contributed by atoms with Crippen LogP contribution in [0.3, 0.4) is 0 Å². The zero-order valence-corrected chi connectivity index (χ0v) is 14.2. The van der Waals surface area contributed by atoms with E-state index in [1.807, 2.05) is 0 Å². The number of ketones is 1. The normalized spacial score (nSPS) is 11.5. The molecule has 2 N–H and O–H groups in total. The molecule has 130 valence electrons. The van der Waals surface area contributed by atoms with Gasteiger partial charge in [-0.3, -0.25) is 9.59 Å². The monoisotopic (exact) mass is 341 g/mol. The van der Waals surface area contributed by atoms with Gasteiger partial charge in [-0.15, -0.1) is 0 Å². The zero-order chi connectivity index (χ0) is 18.6. The number of carbonyl (C=O) groups is 3. The number of rotatable bonds is 5. The van der Waals surface area contributed by atoms with Crippen molar-refractivity contribution in [2.24, 2.45) is 0 Å². The molecule has 0 bridgehead atoms. The SMILES string of the molecule is CC(=O)c1cccc(NC(=O)[C@@H](C)OC(=O)c2ccc(C)cc2O)c1. The summed E-state index contributed by atoms with van der Waals surface area (Å²) >= 11 is 0. The predicted molar refractivity (Wildman–Crippen MR) is 92.8 cm³/mol. The standard InChI is InChI=1S/C19H19NO5/c1-11-7-8-16(17(22)9-11)19(24)25-13(3)18(23)20-15-6-4-5-14(10-15)12(2)21/h4-10,13,22H,1-3H3,(H,20,23)/t13-/m1/s1. The highest BCUT2D eigenvalue weighted by molar-refractivity contribution is 6.00. The van der Waals surface area contributed by atoms with E-state index in [2.05, 4.69) is 5.32 Å². The lowest BCUT2D eigenvalue weighted by molar-refractivity contribution is -0.123. The number of phenolic OH excluding ortho intramolecular Hbond substituents is 1. The molecule has 0 aliphatic rings. The van der Waals surface area contributed by atoms with Crippen molar-refractivity contribution in [2.75, 3.05) is 5.32 Å². The number of carbonyl (C=O) groups excluding carboxylic acids is 3. The van der Waals surface area contributed by atoms with E-state index in [-0.39, 0.29) is 17.1 Å². The smallest absolute Gasteiger partial charge is 0.342 e. The van der Waals surface area contributed by atoms with E-state index >= 15 is 0 Å². The summed E-state index contributed by atoms with van der Waals surface area (Å²) in [5, 5.41) is 12.4. The number of aromatic hydroxyl groups is 1. The summed E-state index contributed by atoms with van der Waals surface area (Å²) in [6.45, 7) is 4.63. The Morgan fingerprint density at radius 1 is 1.12 bits per heavy atom. The Morgan fingerprint density at radius 3 is 2.48 bits per heavy atom. The minimum absolute atomic E-state index is 0.0103. The van der Waals surface area contributed by atoms with Gasteiger partial charge in [-0.2, -0.15) is 0 Å². The van der Waals surface area contributed by atoms with Crippen molar-refractivity contribution in [3.8, 4) is 5.75 Å². The Labute approximate surface area is 145 Å². The van der Waals surface area contributed by atoms with E-state index in [1.54, 1.807) is 37.3 Å². The van der Waals surface area contributed by atoms with Crippen LogP contribution < -0.4 is 5.32 Å². The van der Waals surface area contributed by atoms with Crippen LogP contribution in [0, 0.1) is 6.92 Å². The lowest BCUT2D eigenvalue weighted by atomic mass is 10.1. The van der Waals surface area contributed by atoms with Crippen LogP contribution in [0.4, 0.5) is 5.69 Å². The molecule has 6 nitrogen and oxygen atoms in total. The third kappa shape index (κ3) is 4.67. The lowest BCUT2D eigenvalue weighted by Gasteiger charge is -2.14. The molecule has 0 spiro atoms. The van der Waals surface area contributed by atoms with E-state index in [1.165, 1.54) is 26.0 Å². The van der Waals surface area contributed by atoms with E-state index < -0.39 is 18.0 Å². The van der Waals surface area contributed by atoms with Crippen LogP contribution in [-0.2, 0) is 9.53 Å². The maximum Gasteiger partial charge on any atom is 0.342 e. The molecule has 1 amide bonds. The molecule has 0 saturated carbocycles. The quantitative estimate of drug-likeness (QED) is 0.644. The second-order valence-corrected chi connectivity index (χ2v) is 5.69. The number of hydrogen-bond acceptors (Lipinski definition) is 5. The summed E-state index contributed by atoms with van der Waals surface area (Å²) in [6, 6.07) is 11.0. The Bertz CT molecular complexity index is 828. The number of benzene rings is 2. The van der Waals surface area contributed by atoms with E-state index in [0.29, 0.717) is 11.3 Å². The van der Waals surface area contributed by atoms with Gasteiger partial charge in [0, 0.05) is 11.3 Å². The molecule has 6 heteroatoms. The van der Waals surface area contributed by atoms with Crippen LogP contribution in [0.1, 0.15) is 40.1 Å². The van der Waals surface area contributed by atoms with E-state index in [9.17, 15) is 19.5 Å². The van der Waals surface area contributed by atoms with Gasteiger partial charge in [0.2, 0.25) is 0 Å². The number of amides is 1. The van der Waals surface area contributed by atoms with Crippen molar-refractivity contribution < 1.29 is 24.2 Å². The second-order valence-electron chi connectivity index (χ2n) is 5.69. The topological polar surface area (TPSA) is 92.7 Å². The first-order valence-electron chi connectivity index (χ1n) is 7.70. The van der Waals surface area contributed by atoms with Gasteiger partial charge in [0.05, 0.1) is 0 Å². The number of nitrogens with one attached hydrogen (secondary N) is 1. The fourth-order valence-electron chi connectivity index (χ4n) is 2.15. The van der Waals surface area contributed by atoms with Crippen molar-refractivity contribution in [2.45, 2.75) is 26.9 Å². The van der Waals surface area contributed by atoms with Crippen molar-refractivity contribution >= 4 is 23.3 Å². The van der Waals surface area contributed by atoms with Gasteiger partial charge in [0.15, 0.2) is 11.9 Å². The zero-order valence-electron chi connectivity index (χ0n) is 14.2. The Kier molecular flexibility index (Phi) is 5.54. The molecule has 2 aromatic rings. The number of anilines is 1. The third-order valence-electron chi connectivity index (χ3n) is 3.56. The molecule has 0 unspecified atom stereocenters. The van der Waals surface area contributed by atoms with Crippen molar-refractivity contribution in [1.29, 1.82) is 0 Å². The van der Waals surface area contributed by atoms with Crippen LogP contribution in [0.2, 0.25) is 0 Å². The highest BCUT2D eigenvalue weighted by atomic mass is 16.5. The first-order chi connectivity index (χ1) is 11.8. The summed E-state index contributed by atoms with van der Waals surface area (Å²) < 4.78 is 5.09. The minimum Gasteiger partial charge on any atom is -0.507 e. The van der Waals surface area contributed by atoms with Crippen molar-refractivity contribution in [3.63, 3.8) is 0 Å². The summed E-state index contributed by atoms with van der Waals surface area (Å²) in [7, 11) is 0. The Hall–Kier alpha value is -3.15. The number of phenols is 1. The Balaban J connectivity index is 2.03. The van der Waals surface area contributed by atoms with Crippen LogP contribution in [0.5, 0.6) is 5.75 Å². The highest BCUT2D eigenvalue weighted by Gasteiger charge is 2.21. The van der Waals surface area contributed by atoms with Crippen LogP contribution >= 0.6 is 0 Å². The lowest BCUT2D eigenvalue weighted by Crippen LogP contribution is -2.30. The molecule has 2 rings (SSSR count). The second kappa shape index (κ2) is 7.61. The first-order valence-corrected chi connectivity index (χ1v) is 7.70. The number of Topliss-reactive ketones (excluding diaryl/α,β-unsaturated/α-hetero) is 1. The van der Waals surface area contributed by atoms with Gasteiger partial charge in [-0.25, -0.2) is 4.79 Å². The fraction of sp³-hybridized carbons (Fsp3) is 0.211. The molecule has 0 aliphatic heterocycles. The van der Waals surface area contributed by atoms with Crippen LogP contribution in [0.15, 0.2) is 42.5 Å². The maximum absolute atomic E-state index is 12.2. The average Bonchev–Trinajstić information content (AvgIpc) is 2.54. The molecule has 0 aromatic heterocycles. The fourth-order valence-corrected chi connectivity index (χ4v) is 2.15. The molecule has 2 aromatic carbocycles. The van der Waals surface area contributed by atoms with Gasteiger partial charge >= 0.3 is 5.97 Å². The summed E-state index contributed by atoms with van der Waals surface area (Å²) in [6.07, 6.45) is -1.07. The number of ether oxygens (including phenoxy) is 1. The predicted octanol–water partition coefficient (Wildman–Crippen LogP) is 3.09. The van der Waals surface area contributed by atoms with Crippen LogP contribution in [-0.4, -0.2) is 28.9 Å². The molecular formula is C19H19NO5. The van der Waals surface area contributed by atoms with Crippen LogP contribution in [0.25, 0.3) is 0 Å². The summed E-state index contributed by atoms with van der Waals surface area (Å²) in [4.78, 5) is 35.6. The van der Waals surface area contributed by atoms with Gasteiger partial charge in [0.25, 0.3) is 5.91 Å². The highest BCUT2D eigenvalue weighted by Crippen LogP contribution is 2.20. The molecule has 0 radical (unpaired) electrons. The van der Waals surface area contributed by atoms with Gasteiger partial charge in [0.1, 0.15) is 11.3 Å². The third-order valence-corrected chi connectivity index (χ3v) is 3.56. The molecule has 25 heavy (non-hydrogen) atoms. The molecule has 0 saturated heterocycles. The molecule has 0 aliphatic carbocycles. The van der Waals surface area contributed by atoms with Gasteiger partial charge < -0.3 is 15.2 Å². The van der Waals surface area contributed by atoms with Crippen molar-refractivity contribution in [1.82, 2.24) is 0 Å². The number of esters is 1. The van der Waals surface area contributed by atoms with E-state index in [4.69, 9.17) is 4.74 Å². The molecule has 0 fully saturated rings. The maximum atomic E-state index is 12.2. The largest absolute Gasteiger partial charge is 0.507 e. The average molecular weight is 341 g/mol. The van der Waals surface area contributed by atoms with E-state index in [0.717, 1.165) is 5.56 Å². The summed E-state index contributed by atoms with van der Waals surface area (Å²) in [5.41, 5.74) is 1.68. The number of aryl methyl sites for hydroxylation is 1. The Morgan fingerprint density at radius 2 is 1.84 bits per heavy atom. The molecule has 1 atom stereocenters. The molecular weight excluding hydrogens is 322 g/mol. The minimum atomic E-state index is -1.07. The van der Waals surface area contributed by atoms with Gasteiger partial charge in [-0.05, 0) is 50.6 Å². The number of hydrogen-bond donors (Lipinski definition) is 2.